The molecule has 0 spiro atoms. The van der Waals surface area contributed by atoms with Crippen molar-refractivity contribution < 1.29 is 5.11 Å². The van der Waals surface area contributed by atoms with E-state index >= 15 is 0 Å². The summed E-state index contributed by atoms with van der Waals surface area (Å²) < 4.78 is 5.08. The van der Waals surface area contributed by atoms with Crippen molar-refractivity contribution in [3.05, 3.63) is 48.4 Å². The maximum absolute atomic E-state index is 10.5. The third-order valence-electron chi connectivity index (χ3n) is 4.91. The van der Waals surface area contributed by atoms with Crippen LogP contribution in [0.1, 0.15) is 38.5 Å². The molecule has 152 valence electrons. The maximum atomic E-state index is 10.5. The van der Waals surface area contributed by atoms with Crippen LogP contribution in [0.15, 0.2) is 36.8 Å². The highest BCUT2D eigenvalue weighted by atomic mass is 16.3. The van der Waals surface area contributed by atoms with Crippen LogP contribution in [0.4, 0.5) is 0 Å². The lowest BCUT2D eigenvalue weighted by Crippen LogP contribution is -2.10. The van der Waals surface area contributed by atoms with Crippen molar-refractivity contribution >= 4 is 11.3 Å². The molecule has 0 aromatic carbocycles. The minimum Gasteiger partial charge on any atom is -0.385 e. The number of aryl methyl sites for hydroxylation is 1. The molecule has 0 amide bonds. The molecular formula is C19H20N10O. The molecule has 1 N–H and O–H groups in total. The smallest absolute Gasteiger partial charge is 0.177 e. The van der Waals surface area contributed by atoms with Crippen molar-refractivity contribution in [2.24, 2.45) is 5.92 Å². The fourth-order valence-corrected chi connectivity index (χ4v) is 3.22. The van der Waals surface area contributed by atoms with Gasteiger partial charge in [0.1, 0.15) is 12.4 Å². The average molecular weight is 404 g/mol. The van der Waals surface area contributed by atoms with Crippen molar-refractivity contribution in [2.45, 2.75) is 33.3 Å². The molecule has 0 saturated heterocycles. The molecule has 5 rings (SSSR count). The van der Waals surface area contributed by atoms with Gasteiger partial charge in [-0.15, -0.1) is 30.6 Å². The Morgan fingerprint density at radius 2 is 1.83 bits per heavy atom. The van der Waals surface area contributed by atoms with Crippen LogP contribution in [0.2, 0.25) is 0 Å². The fraction of sp³-hybridized carbons (Fsp3) is 0.316. The summed E-state index contributed by atoms with van der Waals surface area (Å²) in [5, 5.41) is 35.9. The van der Waals surface area contributed by atoms with Gasteiger partial charge in [0.15, 0.2) is 34.6 Å². The highest BCUT2D eigenvalue weighted by Crippen LogP contribution is 2.25. The van der Waals surface area contributed by atoms with E-state index in [-0.39, 0.29) is 5.92 Å². The summed E-state index contributed by atoms with van der Waals surface area (Å²) in [4.78, 5) is 4.70. The Balaban J connectivity index is 1.67. The molecule has 0 radical (unpaired) electrons. The molecule has 5 heterocycles. The number of hydrogen-bond acceptors (Lipinski definition) is 8. The first-order valence-corrected chi connectivity index (χ1v) is 9.71. The van der Waals surface area contributed by atoms with Crippen LogP contribution in [-0.4, -0.2) is 54.3 Å². The summed E-state index contributed by atoms with van der Waals surface area (Å²) in [6.07, 6.45) is 3.37. The number of pyridine rings is 1. The van der Waals surface area contributed by atoms with Gasteiger partial charge in [0.25, 0.3) is 0 Å². The lowest BCUT2D eigenvalue weighted by atomic mass is 10.1. The predicted octanol–water partition coefficient (Wildman–Crippen LogP) is 1.67. The second kappa shape index (κ2) is 6.95. The standard InChI is InChI=1S/C19H20N10O/c1-4-13-21-18(29(25-13)16-8-7-15-22-20-10-28(15)26-16)12-5-6-14-23-24-19(27(14)9-12)17(30)11(2)3/h5-11,17,30H,4H2,1-3H3. The Labute approximate surface area is 171 Å². The first-order chi connectivity index (χ1) is 14.5. The second-order valence-electron chi connectivity index (χ2n) is 7.34. The van der Waals surface area contributed by atoms with Crippen molar-refractivity contribution in [3.8, 4) is 17.2 Å². The lowest BCUT2D eigenvalue weighted by Gasteiger charge is -2.12. The molecule has 11 nitrogen and oxygen atoms in total. The van der Waals surface area contributed by atoms with Gasteiger partial charge in [0.05, 0.1) is 0 Å². The summed E-state index contributed by atoms with van der Waals surface area (Å²) in [5.41, 5.74) is 2.10. The zero-order valence-corrected chi connectivity index (χ0v) is 16.7. The largest absolute Gasteiger partial charge is 0.385 e. The summed E-state index contributed by atoms with van der Waals surface area (Å²) in [6.45, 7) is 5.87. The van der Waals surface area contributed by atoms with Gasteiger partial charge in [-0.05, 0) is 30.2 Å². The van der Waals surface area contributed by atoms with Crippen LogP contribution in [0.3, 0.4) is 0 Å². The summed E-state index contributed by atoms with van der Waals surface area (Å²) in [7, 11) is 0. The van der Waals surface area contributed by atoms with E-state index in [0.717, 1.165) is 5.56 Å². The topological polar surface area (TPSA) is 124 Å². The van der Waals surface area contributed by atoms with Crippen molar-refractivity contribution in [3.63, 3.8) is 0 Å². The minimum absolute atomic E-state index is 0.0103. The van der Waals surface area contributed by atoms with E-state index in [1.165, 1.54) is 0 Å². The van der Waals surface area contributed by atoms with Crippen LogP contribution >= 0.6 is 0 Å². The molecule has 5 aromatic rings. The molecule has 0 aliphatic rings. The fourth-order valence-electron chi connectivity index (χ4n) is 3.22. The Morgan fingerprint density at radius 3 is 2.63 bits per heavy atom. The van der Waals surface area contributed by atoms with Gasteiger partial charge in [-0.3, -0.25) is 4.40 Å². The average Bonchev–Trinajstić information content (AvgIpc) is 3.49. The van der Waals surface area contributed by atoms with E-state index in [1.54, 1.807) is 19.9 Å². The summed E-state index contributed by atoms with van der Waals surface area (Å²) in [6, 6.07) is 7.41. The number of aliphatic hydroxyl groups excluding tert-OH is 1. The van der Waals surface area contributed by atoms with Gasteiger partial charge >= 0.3 is 0 Å². The second-order valence-corrected chi connectivity index (χ2v) is 7.34. The molecule has 0 aliphatic carbocycles. The molecule has 0 bridgehead atoms. The summed E-state index contributed by atoms with van der Waals surface area (Å²) in [5.74, 6) is 2.42. The quantitative estimate of drug-likeness (QED) is 0.469. The minimum atomic E-state index is -0.725. The maximum Gasteiger partial charge on any atom is 0.177 e. The number of hydrogen-bond donors (Lipinski definition) is 1. The van der Waals surface area contributed by atoms with Crippen LogP contribution in [0, 0.1) is 5.92 Å². The first-order valence-electron chi connectivity index (χ1n) is 9.71. The van der Waals surface area contributed by atoms with Crippen molar-refractivity contribution in [1.82, 2.24) is 49.2 Å². The van der Waals surface area contributed by atoms with Crippen LogP contribution in [0.25, 0.3) is 28.5 Å². The highest BCUT2D eigenvalue weighted by molar-refractivity contribution is 5.60. The predicted molar refractivity (Wildman–Crippen MR) is 107 cm³/mol. The van der Waals surface area contributed by atoms with Gasteiger partial charge in [-0.2, -0.15) is 9.20 Å². The number of nitrogens with zero attached hydrogens (tertiary/aromatic N) is 10. The third-order valence-corrected chi connectivity index (χ3v) is 4.91. The van der Waals surface area contributed by atoms with Gasteiger partial charge in [-0.25, -0.2) is 4.98 Å². The monoisotopic (exact) mass is 404 g/mol. The van der Waals surface area contributed by atoms with Gasteiger partial charge in [-0.1, -0.05) is 20.8 Å². The van der Waals surface area contributed by atoms with E-state index < -0.39 is 6.10 Å². The molecular weight excluding hydrogens is 384 g/mol. The third kappa shape index (κ3) is 2.90. The van der Waals surface area contributed by atoms with Crippen LogP contribution < -0.4 is 0 Å². The van der Waals surface area contributed by atoms with E-state index in [1.807, 2.05) is 51.2 Å². The number of rotatable bonds is 5. The SMILES string of the molecule is CCc1nc(-c2ccc3nnc(C(O)C(C)C)n3c2)n(-c2ccc3nncn3n2)n1. The van der Waals surface area contributed by atoms with Gasteiger partial charge in [0, 0.05) is 18.2 Å². The van der Waals surface area contributed by atoms with E-state index in [2.05, 4.69) is 30.6 Å². The molecule has 5 aromatic heterocycles. The lowest BCUT2D eigenvalue weighted by molar-refractivity contribution is 0.116. The zero-order valence-electron chi connectivity index (χ0n) is 16.7. The van der Waals surface area contributed by atoms with E-state index in [4.69, 9.17) is 4.98 Å². The van der Waals surface area contributed by atoms with E-state index in [9.17, 15) is 5.11 Å². The number of aromatic nitrogens is 10. The molecule has 0 aliphatic heterocycles. The molecule has 1 atom stereocenters. The van der Waals surface area contributed by atoms with Crippen molar-refractivity contribution in [2.75, 3.05) is 0 Å². The van der Waals surface area contributed by atoms with Crippen LogP contribution in [-0.2, 0) is 6.42 Å². The van der Waals surface area contributed by atoms with Crippen molar-refractivity contribution in [1.29, 1.82) is 0 Å². The molecule has 11 heteroatoms. The normalized spacial score (nSPS) is 13.0. The number of fused-ring (bicyclic) bond motifs is 2. The Hall–Kier alpha value is -3.73. The van der Waals surface area contributed by atoms with Crippen LogP contribution in [0.5, 0.6) is 0 Å². The van der Waals surface area contributed by atoms with E-state index in [0.29, 0.717) is 41.0 Å². The summed E-state index contributed by atoms with van der Waals surface area (Å²) >= 11 is 0. The Kier molecular flexibility index (Phi) is 4.24. The molecule has 30 heavy (non-hydrogen) atoms. The first kappa shape index (κ1) is 18.3. The molecule has 0 saturated carbocycles. The zero-order chi connectivity index (χ0) is 20.8. The van der Waals surface area contributed by atoms with Gasteiger partial charge < -0.3 is 5.11 Å². The Morgan fingerprint density at radius 1 is 1.00 bits per heavy atom. The highest BCUT2D eigenvalue weighted by Gasteiger charge is 2.21. The number of aliphatic hydroxyl groups is 1. The van der Waals surface area contributed by atoms with Gasteiger partial charge in [0.2, 0.25) is 0 Å². The molecule has 1 unspecified atom stereocenters. The Bertz CT molecular complexity index is 1350. The molecule has 0 fully saturated rings.